The molecule has 2 aromatic rings. The van der Waals surface area contributed by atoms with Crippen LogP contribution in [0.1, 0.15) is 17.2 Å². The van der Waals surface area contributed by atoms with Crippen molar-refractivity contribution < 1.29 is 4.42 Å². The summed E-state index contributed by atoms with van der Waals surface area (Å²) in [5, 5.41) is 0. The Balaban J connectivity index is 2.28. The molecule has 1 heterocycles. The number of thiol groups is 1. The molecule has 15 heavy (non-hydrogen) atoms. The molecule has 1 nitrogen and oxygen atoms in total. The molecule has 2 rings (SSSR count). The van der Waals surface area contributed by atoms with Gasteiger partial charge in [-0.2, -0.15) is 0 Å². The zero-order chi connectivity index (χ0) is 10.5. The van der Waals surface area contributed by atoms with Gasteiger partial charge in [0.2, 0.25) is 0 Å². The summed E-state index contributed by atoms with van der Waals surface area (Å²) in [4.78, 5) is 0. The van der Waals surface area contributed by atoms with Crippen molar-refractivity contribution in [1.29, 1.82) is 0 Å². The minimum atomic E-state index is 0.295. The molecule has 0 aliphatic heterocycles. The smallest absolute Gasteiger partial charge is 0.112 e. The zero-order valence-electron chi connectivity index (χ0n) is 8.17. The van der Waals surface area contributed by atoms with Gasteiger partial charge in [-0.1, -0.05) is 41.1 Å². The van der Waals surface area contributed by atoms with Gasteiger partial charge >= 0.3 is 0 Å². The van der Waals surface area contributed by atoms with Gasteiger partial charge in [0.15, 0.2) is 0 Å². The first-order chi connectivity index (χ1) is 7.42. The number of benzene rings is 1. The van der Waals surface area contributed by atoms with E-state index in [0.29, 0.717) is 5.92 Å². The van der Waals surface area contributed by atoms with Gasteiger partial charge < -0.3 is 4.42 Å². The standard InChI is InChI=1S/C12H12OS2/c14-15-9-11(12-7-4-8-13-12)10-5-2-1-3-6-10/h1-8,11,14H,9H2. The van der Waals surface area contributed by atoms with Crippen LogP contribution in [0.15, 0.2) is 53.1 Å². The maximum atomic E-state index is 5.46. The zero-order valence-corrected chi connectivity index (χ0v) is 9.88. The summed E-state index contributed by atoms with van der Waals surface area (Å²) in [7, 11) is 1.54. The van der Waals surface area contributed by atoms with Gasteiger partial charge in [-0.05, 0) is 17.7 Å². The quantitative estimate of drug-likeness (QED) is 0.637. The number of furan rings is 1. The Labute approximate surface area is 98.7 Å². The van der Waals surface area contributed by atoms with E-state index in [1.807, 2.05) is 18.2 Å². The second kappa shape index (κ2) is 5.33. The molecular formula is C12H12OS2. The van der Waals surface area contributed by atoms with Crippen LogP contribution in [0.3, 0.4) is 0 Å². The minimum Gasteiger partial charge on any atom is -0.469 e. The summed E-state index contributed by atoms with van der Waals surface area (Å²) in [6, 6.07) is 14.3. The summed E-state index contributed by atoms with van der Waals surface area (Å²) in [6.07, 6.45) is 1.72. The van der Waals surface area contributed by atoms with Crippen LogP contribution >= 0.6 is 22.5 Å². The van der Waals surface area contributed by atoms with E-state index in [9.17, 15) is 0 Å². The van der Waals surface area contributed by atoms with Crippen LogP contribution in [0.25, 0.3) is 0 Å². The molecule has 3 heteroatoms. The van der Waals surface area contributed by atoms with Crippen LogP contribution in [0.5, 0.6) is 0 Å². The Morgan fingerprint density at radius 3 is 2.53 bits per heavy atom. The van der Waals surface area contributed by atoms with Crippen molar-refractivity contribution in [3.05, 3.63) is 60.1 Å². The van der Waals surface area contributed by atoms with Crippen molar-refractivity contribution in [3.63, 3.8) is 0 Å². The molecule has 0 aliphatic carbocycles. The maximum Gasteiger partial charge on any atom is 0.112 e. The summed E-state index contributed by atoms with van der Waals surface area (Å²) in [5.41, 5.74) is 1.27. The molecule has 0 saturated heterocycles. The molecule has 1 atom stereocenters. The fourth-order valence-corrected chi connectivity index (χ4v) is 2.55. The molecule has 78 valence electrons. The van der Waals surface area contributed by atoms with Crippen LogP contribution in [0.4, 0.5) is 0 Å². The Bertz CT molecular complexity index is 383. The van der Waals surface area contributed by atoms with Crippen LogP contribution in [-0.2, 0) is 0 Å². The van der Waals surface area contributed by atoms with Gasteiger partial charge in [-0.15, -0.1) is 11.7 Å². The van der Waals surface area contributed by atoms with Crippen molar-refractivity contribution in [3.8, 4) is 0 Å². The molecule has 1 aromatic heterocycles. The Morgan fingerprint density at radius 2 is 1.93 bits per heavy atom. The lowest BCUT2D eigenvalue weighted by atomic mass is 9.99. The molecule has 1 aromatic carbocycles. The molecule has 0 N–H and O–H groups in total. The third-order valence-corrected chi connectivity index (χ3v) is 3.26. The highest BCUT2D eigenvalue weighted by molar-refractivity contribution is 8.68. The summed E-state index contributed by atoms with van der Waals surface area (Å²) < 4.78 is 5.46. The normalized spacial score (nSPS) is 12.6. The van der Waals surface area contributed by atoms with Crippen LogP contribution in [-0.4, -0.2) is 5.75 Å². The first kappa shape index (κ1) is 10.7. The highest BCUT2D eigenvalue weighted by Crippen LogP contribution is 2.29. The van der Waals surface area contributed by atoms with E-state index in [2.05, 4.69) is 35.9 Å². The third kappa shape index (κ3) is 2.61. The van der Waals surface area contributed by atoms with Crippen molar-refractivity contribution in [2.45, 2.75) is 5.92 Å². The minimum absolute atomic E-state index is 0.295. The van der Waals surface area contributed by atoms with Crippen LogP contribution < -0.4 is 0 Å². The number of rotatable bonds is 4. The molecule has 1 unspecified atom stereocenters. The largest absolute Gasteiger partial charge is 0.469 e. The number of hydrogen-bond donors (Lipinski definition) is 1. The molecule has 0 radical (unpaired) electrons. The Hall–Kier alpha value is -0.800. The van der Waals surface area contributed by atoms with Gasteiger partial charge in [0.05, 0.1) is 12.2 Å². The molecule has 0 bridgehead atoms. The molecular weight excluding hydrogens is 224 g/mol. The van der Waals surface area contributed by atoms with Gasteiger partial charge in [0, 0.05) is 5.75 Å². The maximum absolute atomic E-state index is 5.46. The van der Waals surface area contributed by atoms with Crippen molar-refractivity contribution in [2.24, 2.45) is 0 Å². The van der Waals surface area contributed by atoms with E-state index in [0.717, 1.165) is 11.5 Å². The average molecular weight is 236 g/mol. The Morgan fingerprint density at radius 1 is 1.13 bits per heavy atom. The van der Waals surface area contributed by atoms with Gasteiger partial charge in [-0.3, -0.25) is 0 Å². The Kier molecular flexibility index (Phi) is 3.80. The van der Waals surface area contributed by atoms with Crippen molar-refractivity contribution >= 4 is 22.5 Å². The predicted molar refractivity (Wildman–Crippen MR) is 68.4 cm³/mol. The highest BCUT2D eigenvalue weighted by Gasteiger charge is 2.15. The van der Waals surface area contributed by atoms with E-state index >= 15 is 0 Å². The van der Waals surface area contributed by atoms with E-state index in [-0.39, 0.29) is 0 Å². The summed E-state index contributed by atoms with van der Waals surface area (Å²) >= 11 is 4.22. The second-order valence-electron chi connectivity index (χ2n) is 3.27. The fourth-order valence-electron chi connectivity index (χ4n) is 1.59. The van der Waals surface area contributed by atoms with Crippen LogP contribution in [0.2, 0.25) is 0 Å². The molecule has 0 fully saturated rings. The van der Waals surface area contributed by atoms with E-state index in [1.165, 1.54) is 16.4 Å². The highest BCUT2D eigenvalue weighted by atomic mass is 33.1. The second-order valence-corrected chi connectivity index (χ2v) is 4.64. The number of hydrogen-bond acceptors (Lipinski definition) is 3. The summed E-state index contributed by atoms with van der Waals surface area (Å²) in [6.45, 7) is 0. The molecule has 0 aliphatic rings. The van der Waals surface area contributed by atoms with Gasteiger partial charge in [0.25, 0.3) is 0 Å². The SMILES string of the molecule is SSCC(c1ccccc1)c1ccco1. The summed E-state index contributed by atoms with van der Waals surface area (Å²) in [5.74, 6) is 2.21. The van der Waals surface area contributed by atoms with Gasteiger partial charge in [0.1, 0.15) is 5.76 Å². The topological polar surface area (TPSA) is 13.1 Å². The predicted octanol–water partition coefficient (Wildman–Crippen LogP) is 3.99. The lowest BCUT2D eigenvalue weighted by Gasteiger charge is -2.12. The van der Waals surface area contributed by atoms with Crippen LogP contribution in [0, 0.1) is 0 Å². The van der Waals surface area contributed by atoms with Gasteiger partial charge in [-0.25, -0.2) is 0 Å². The van der Waals surface area contributed by atoms with E-state index in [1.54, 1.807) is 6.26 Å². The first-order valence-electron chi connectivity index (χ1n) is 4.76. The first-order valence-corrected chi connectivity index (χ1v) is 6.80. The third-order valence-electron chi connectivity index (χ3n) is 2.33. The lowest BCUT2D eigenvalue weighted by Crippen LogP contribution is -2.01. The van der Waals surface area contributed by atoms with Crippen molar-refractivity contribution in [1.82, 2.24) is 0 Å². The molecule has 0 spiro atoms. The molecule has 0 saturated carbocycles. The molecule has 0 amide bonds. The van der Waals surface area contributed by atoms with E-state index in [4.69, 9.17) is 4.42 Å². The monoisotopic (exact) mass is 236 g/mol. The van der Waals surface area contributed by atoms with E-state index < -0.39 is 0 Å². The fraction of sp³-hybridized carbons (Fsp3) is 0.167. The lowest BCUT2D eigenvalue weighted by molar-refractivity contribution is 0.498. The average Bonchev–Trinajstić information content (AvgIpc) is 2.80. The van der Waals surface area contributed by atoms with Crippen molar-refractivity contribution in [2.75, 3.05) is 5.75 Å².